The Morgan fingerprint density at radius 1 is 1.43 bits per heavy atom. The van der Waals surface area contributed by atoms with E-state index in [2.05, 4.69) is 43.6 Å². The van der Waals surface area contributed by atoms with Gasteiger partial charge in [-0.1, -0.05) is 19.6 Å². The molecule has 0 radical (unpaired) electrons. The normalized spacial score (nSPS) is 15.0. The summed E-state index contributed by atoms with van der Waals surface area (Å²) in [5.74, 6) is 0. The summed E-state index contributed by atoms with van der Waals surface area (Å²) in [6.07, 6.45) is 1.99. The van der Waals surface area contributed by atoms with Crippen LogP contribution in [-0.4, -0.2) is 5.71 Å². The minimum absolute atomic E-state index is 0.917. The minimum Gasteiger partial charge on any atom is -0.257 e. The molecule has 0 N–H and O–H groups in total. The van der Waals surface area contributed by atoms with Gasteiger partial charge in [0, 0.05) is 17.7 Å². The number of fused-ring (bicyclic) bond motifs is 1. The summed E-state index contributed by atoms with van der Waals surface area (Å²) < 4.78 is 0. The van der Waals surface area contributed by atoms with Crippen molar-refractivity contribution in [3.63, 3.8) is 0 Å². The number of aliphatic imine (C=N–C) groups is 1. The topological polar surface area (TPSA) is 12.4 Å². The summed E-state index contributed by atoms with van der Waals surface area (Å²) in [4.78, 5) is 4.53. The van der Waals surface area contributed by atoms with Crippen LogP contribution < -0.4 is 0 Å². The lowest BCUT2D eigenvalue weighted by Crippen LogP contribution is -2.00. The Morgan fingerprint density at radius 3 is 2.93 bits per heavy atom. The average molecular weight is 185 g/mol. The molecule has 1 heteroatoms. The highest BCUT2D eigenvalue weighted by molar-refractivity contribution is 5.99. The van der Waals surface area contributed by atoms with Gasteiger partial charge in [0.25, 0.3) is 0 Å². The van der Waals surface area contributed by atoms with E-state index in [9.17, 15) is 0 Å². The molecule has 0 unspecified atom stereocenters. The van der Waals surface area contributed by atoms with Gasteiger partial charge in [0.2, 0.25) is 0 Å². The van der Waals surface area contributed by atoms with Gasteiger partial charge >= 0.3 is 0 Å². The van der Waals surface area contributed by atoms with E-state index < -0.39 is 0 Å². The number of hydrogen-bond donors (Lipinski definition) is 0. The molecule has 1 aromatic rings. The highest BCUT2D eigenvalue weighted by Gasteiger charge is 2.12. The highest BCUT2D eigenvalue weighted by atomic mass is 14.8. The number of hydrogen-bond acceptors (Lipinski definition) is 1. The first-order chi connectivity index (χ1) is 6.70. The van der Waals surface area contributed by atoms with Gasteiger partial charge < -0.3 is 0 Å². The van der Waals surface area contributed by atoms with E-state index in [0.29, 0.717) is 0 Å². The van der Waals surface area contributed by atoms with Crippen molar-refractivity contribution in [3.05, 3.63) is 35.9 Å². The first-order valence-corrected chi connectivity index (χ1v) is 5.06. The van der Waals surface area contributed by atoms with Crippen molar-refractivity contribution in [3.8, 4) is 0 Å². The van der Waals surface area contributed by atoms with E-state index >= 15 is 0 Å². The molecular weight excluding hydrogens is 170 g/mol. The van der Waals surface area contributed by atoms with Gasteiger partial charge in [-0.15, -0.1) is 0 Å². The van der Waals surface area contributed by atoms with Crippen LogP contribution in [0.25, 0.3) is 5.57 Å². The first kappa shape index (κ1) is 9.20. The zero-order valence-corrected chi connectivity index (χ0v) is 8.80. The summed E-state index contributed by atoms with van der Waals surface area (Å²) in [6, 6.07) is 6.46. The van der Waals surface area contributed by atoms with Crippen LogP contribution in [0.1, 0.15) is 31.4 Å². The Hall–Kier alpha value is -1.37. The van der Waals surface area contributed by atoms with Crippen LogP contribution in [0.3, 0.4) is 0 Å². The maximum atomic E-state index is 4.53. The Labute approximate surface area is 85.2 Å². The monoisotopic (exact) mass is 185 g/mol. The SMILES string of the molecule is C=C1CC(C)=Nc2ccc(CC)cc21. The quantitative estimate of drug-likeness (QED) is 0.631. The maximum absolute atomic E-state index is 4.53. The van der Waals surface area contributed by atoms with Gasteiger partial charge in [0.1, 0.15) is 0 Å². The Bertz CT molecular complexity index is 413. The van der Waals surface area contributed by atoms with E-state index in [4.69, 9.17) is 0 Å². The Balaban J connectivity index is 2.55. The lowest BCUT2D eigenvalue weighted by Gasteiger charge is -2.16. The first-order valence-electron chi connectivity index (χ1n) is 5.06. The smallest absolute Gasteiger partial charge is 0.0704 e. The largest absolute Gasteiger partial charge is 0.257 e. The van der Waals surface area contributed by atoms with E-state index in [0.717, 1.165) is 24.2 Å². The summed E-state index contributed by atoms with van der Waals surface area (Å²) in [5, 5.41) is 0. The third-order valence-electron chi connectivity index (χ3n) is 2.63. The fourth-order valence-corrected chi connectivity index (χ4v) is 1.83. The molecule has 72 valence electrons. The molecule has 0 spiro atoms. The van der Waals surface area contributed by atoms with Gasteiger partial charge in [-0.3, -0.25) is 4.99 Å². The fourth-order valence-electron chi connectivity index (χ4n) is 1.83. The van der Waals surface area contributed by atoms with Crippen LogP contribution in [0.5, 0.6) is 0 Å². The second kappa shape index (κ2) is 3.41. The van der Waals surface area contributed by atoms with Crippen LogP contribution >= 0.6 is 0 Å². The number of rotatable bonds is 1. The zero-order valence-electron chi connectivity index (χ0n) is 8.80. The zero-order chi connectivity index (χ0) is 10.1. The lowest BCUT2D eigenvalue weighted by atomic mass is 9.95. The van der Waals surface area contributed by atoms with E-state index in [1.54, 1.807) is 0 Å². The predicted molar refractivity (Wildman–Crippen MR) is 62.2 cm³/mol. The molecule has 1 heterocycles. The van der Waals surface area contributed by atoms with Crippen molar-refractivity contribution in [2.75, 3.05) is 0 Å². The Morgan fingerprint density at radius 2 is 2.21 bits per heavy atom. The van der Waals surface area contributed by atoms with E-state index in [-0.39, 0.29) is 0 Å². The number of allylic oxidation sites excluding steroid dienone is 1. The molecule has 0 fully saturated rings. The Kier molecular flexibility index (Phi) is 2.24. The maximum Gasteiger partial charge on any atom is 0.0704 e. The van der Waals surface area contributed by atoms with Gasteiger partial charge in [-0.2, -0.15) is 0 Å². The summed E-state index contributed by atoms with van der Waals surface area (Å²) >= 11 is 0. The lowest BCUT2D eigenvalue weighted by molar-refractivity contribution is 1.13. The second-order valence-corrected chi connectivity index (χ2v) is 3.83. The van der Waals surface area contributed by atoms with Crippen LogP contribution in [0.15, 0.2) is 29.8 Å². The molecular formula is C13H15N. The van der Waals surface area contributed by atoms with Crippen LogP contribution in [0.2, 0.25) is 0 Å². The molecule has 1 nitrogen and oxygen atoms in total. The minimum atomic E-state index is 0.917. The summed E-state index contributed by atoms with van der Waals surface area (Å²) in [7, 11) is 0. The predicted octanol–water partition coefficient (Wildman–Crippen LogP) is 3.76. The molecule has 0 aliphatic carbocycles. The molecule has 1 aliphatic heterocycles. The third-order valence-corrected chi connectivity index (χ3v) is 2.63. The third kappa shape index (κ3) is 1.50. The van der Waals surface area contributed by atoms with Crippen molar-refractivity contribution < 1.29 is 0 Å². The number of benzene rings is 1. The molecule has 0 amide bonds. The van der Waals surface area contributed by atoms with E-state index in [1.165, 1.54) is 16.7 Å². The second-order valence-electron chi connectivity index (χ2n) is 3.83. The number of aryl methyl sites for hydroxylation is 1. The number of nitrogens with zero attached hydrogens (tertiary/aromatic N) is 1. The van der Waals surface area contributed by atoms with Gasteiger partial charge in [-0.25, -0.2) is 0 Å². The van der Waals surface area contributed by atoms with Crippen molar-refractivity contribution in [1.29, 1.82) is 0 Å². The molecule has 0 aromatic heterocycles. The van der Waals surface area contributed by atoms with Gasteiger partial charge in [0.05, 0.1) is 5.69 Å². The summed E-state index contributed by atoms with van der Waals surface area (Å²) in [5.41, 5.74) is 6.03. The van der Waals surface area contributed by atoms with Crippen LogP contribution in [0, 0.1) is 0 Å². The van der Waals surface area contributed by atoms with Crippen molar-refractivity contribution in [2.24, 2.45) is 4.99 Å². The molecule has 0 bridgehead atoms. The van der Waals surface area contributed by atoms with Crippen molar-refractivity contribution in [2.45, 2.75) is 26.7 Å². The van der Waals surface area contributed by atoms with Gasteiger partial charge in [-0.05, 0) is 36.6 Å². The van der Waals surface area contributed by atoms with Crippen molar-refractivity contribution >= 4 is 17.0 Å². The molecule has 1 aliphatic rings. The highest BCUT2D eigenvalue weighted by Crippen LogP contribution is 2.33. The molecule has 0 saturated carbocycles. The van der Waals surface area contributed by atoms with Gasteiger partial charge in [0.15, 0.2) is 0 Å². The molecule has 14 heavy (non-hydrogen) atoms. The molecule has 0 saturated heterocycles. The van der Waals surface area contributed by atoms with E-state index in [1.807, 2.05) is 0 Å². The fraction of sp³-hybridized carbons (Fsp3) is 0.308. The van der Waals surface area contributed by atoms with Crippen molar-refractivity contribution in [1.82, 2.24) is 0 Å². The van der Waals surface area contributed by atoms with Crippen LogP contribution in [0.4, 0.5) is 5.69 Å². The summed E-state index contributed by atoms with van der Waals surface area (Å²) in [6.45, 7) is 8.33. The standard InChI is InChI=1S/C13H15N/c1-4-11-5-6-13-12(8-11)9(2)7-10(3)14-13/h5-6,8H,2,4,7H2,1,3H3. The molecule has 1 aromatic carbocycles. The molecule has 2 rings (SSSR count). The van der Waals surface area contributed by atoms with Crippen LogP contribution in [-0.2, 0) is 6.42 Å². The average Bonchev–Trinajstić information content (AvgIpc) is 2.17. The molecule has 0 atom stereocenters.